The van der Waals surface area contributed by atoms with Gasteiger partial charge >= 0.3 is 6.36 Å². The molecule has 0 aliphatic carbocycles. The number of rotatable bonds is 4. The fourth-order valence-corrected chi connectivity index (χ4v) is 1.23. The first-order valence-electron chi connectivity index (χ1n) is 4.63. The van der Waals surface area contributed by atoms with Gasteiger partial charge in [-0.15, -0.1) is 13.2 Å². The van der Waals surface area contributed by atoms with Gasteiger partial charge in [-0.1, -0.05) is 6.07 Å². The molecule has 0 spiro atoms. The minimum absolute atomic E-state index is 0.138. The van der Waals surface area contributed by atoms with Crippen LogP contribution in [0.15, 0.2) is 18.2 Å². The van der Waals surface area contributed by atoms with Crippen molar-refractivity contribution in [2.24, 2.45) is 5.73 Å². The van der Waals surface area contributed by atoms with E-state index >= 15 is 0 Å². The van der Waals surface area contributed by atoms with Gasteiger partial charge in [-0.2, -0.15) is 0 Å². The predicted octanol–water partition coefficient (Wildman–Crippen LogP) is 2.37. The number of halogens is 4. The first-order valence-corrected chi connectivity index (χ1v) is 4.63. The van der Waals surface area contributed by atoms with Crippen LogP contribution in [0.1, 0.15) is 11.6 Å². The molecule has 0 amide bonds. The summed E-state index contributed by atoms with van der Waals surface area (Å²) in [6.45, 7) is 0.138. The lowest BCUT2D eigenvalue weighted by atomic mass is 10.1. The molecule has 0 saturated heterocycles. The maximum absolute atomic E-state index is 13.3. The van der Waals surface area contributed by atoms with E-state index in [1.54, 1.807) is 0 Å². The maximum Gasteiger partial charge on any atom is 0.573 e. The second kappa shape index (κ2) is 5.33. The Morgan fingerprint density at radius 1 is 1.35 bits per heavy atom. The van der Waals surface area contributed by atoms with E-state index in [4.69, 9.17) is 10.5 Å². The van der Waals surface area contributed by atoms with Crippen molar-refractivity contribution in [3.63, 3.8) is 0 Å². The van der Waals surface area contributed by atoms with Gasteiger partial charge in [-0.25, -0.2) is 4.39 Å². The van der Waals surface area contributed by atoms with Crippen LogP contribution >= 0.6 is 0 Å². The summed E-state index contributed by atoms with van der Waals surface area (Å²) in [6.07, 6.45) is -4.92. The molecule has 3 nitrogen and oxygen atoms in total. The molecule has 0 radical (unpaired) electrons. The highest BCUT2D eigenvalue weighted by Gasteiger charge is 2.32. The maximum atomic E-state index is 13.3. The largest absolute Gasteiger partial charge is 0.573 e. The van der Waals surface area contributed by atoms with E-state index < -0.39 is 24.0 Å². The van der Waals surface area contributed by atoms with Crippen LogP contribution < -0.4 is 10.5 Å². The molecular weight excluding hydrogens is 242 g/mol. The number of alkyl halides is 3. The zero-order valence-corrected chi connectivity index (χ0v) is 8.92. The Morgan fingerprint density at radius 2 is 2.00 bits per heavy atom. The molecule has 1 atom stereocenters. The van der Waals surface area contributed by atoms with Gasteiger partial charge in [-0.3, -0.25) is 0 Å². The van der Waals surface area contributed by atoms with Crippen LogP contribution in [0.5, 0.6) is 5.75 Å². The van der Waals surface area contributed by atoms with Crippen LogP contribution in [0.2, 0.25) is 0 Å². The van der Waals surface area contributed by atoms with Gasteiger partial charge in [0.2, 0.25) is 0 Å². The van der Waals surface area contributed by atoms with Crippen molar-refractivity contribution in [1.29, 1.82) is 0 Å². The Bertz CT molecular complexity index is 381. The fraction of sp³-hybridized carbons (Fsp3) is 0.400. The minimum Gasteiger partial charge on any atom is -0.403 e. The van der Waals surface area contributed by atoms with E-state index in [1.165, 1.54) is 13.2 Å². The fourth-order valence-electron chi connectivity index (χ4n) is 1.23. The highest BCUT2D eigenvalue weighted by Crippen LogP contribution is 2.27. The van der Waals surface area contributed by atoms with Crippen molar-refractivity contribution in [2.45, 2.75) is 12.4 Å². The third-order valence-corrected chi connectivity index (χ3v) is 1.96. The van der Waals surface area contributed by atoms with Gasteiger partial charge in [-0.05, 0) is 17.7 Å². The predicted molar refractivity (Wildman–Crippen MR) is 51.9 cm³/mol. The number of ether oxygens (including phenoxy) is 2. The molecule has 0 aliphatic heterocycles. The molecule has 0 saturated carbocycles. The smallest absolute Gasteiger partial charge is 0.403 e. The SMILES string of the molecule is COCC(N)c1ccc(OC(F)(F)F)c(F)c1. The molecule has 1 aromatic rings. The lowest BCUT2D eigenvalue weighted by molar-refractivity contribution is -0.275. The highest BCUT2D eigenvalue weighted by molar-refractivity contribution is 5.31. The van der Waals surface area contributed by atoms with Crippen LogP contribution in [0.3, 0.4) is 0 Å². The Labute approximate surface area is 95.1 Å². The molecule has 17 heavy (non-hydrogen) atoms. The summed E-state index contributed by atoms with van der Waals surface area (Å²) in [4.78, 5) is 0. The lowest BCUT2D eigenvalue weighted by Crippen LogP contribution is -2.19. The van der Waals surface area contributed by atoms with Gasteiger partial charge in [0.15, 0.2) is 11.6 Å². The van der Waals surface area contributed by atoms with Crippen molar-refractivity contribution in [3.05, 3.63) is 29.6 Å². The lowest BCUT2D eigenvalue weighted by Gasteiger charge is -2.13. The Morgan fingerprint density at radius 3 is 2.47 bits per heavy atom. The zero-order chi connectivity index (χ0) is 13.1. The first-order chi connectivity index (χ1) is 7.83. The molecule has 1 aromatic carbocycles. The summed E-state index contributed by atoms with van der Waals surface area (Å²) in [7, 11) is 1.41. The Hall–Kier alpha value is -1.34. The van der Waals surface area contributed by atoms with Crippen LogP contribution in [0, 0.1) is 5.82 Å². The molecular formula is C10H11F4NO2. The molecule has 0 fully saturated rings. The molecule has 96 valence electrons. The third-order valence-electron chi connectivity index (χ3n) is 1.96. The second-order valence-corrected chi connectivity index (χ2v) is 3.30. The number of nitrogens with two attached hydrogens (primary N) is 1. The van der Waals surface area contributed by atoms with Crippen molar-refractivity contribution >= 4 is 0 Å². The third kappa shape index (κ3) is 4.20. The molecule has 0 aliphatic rings. The molecule has 1 rings (SSSR count). The van der Waals surface area contributed by atoms with Crippen LogP contribution in [-0.4, -0.2) is 20.1 Å². The Balaban J connectivity index is 2.86. The topological polar surface area (TPSA) is 44.5 Å². The highest BCUT2D eigenvalue weighted by atomic mass is 19.4. The van der Waals surface area contributed by atoms with Crippen LogP contribution in [0.4, 0.5) is 17.6 Å². The summed E-state index contributed by atoms with van der Waals surface area (Å²) in [5.41, 5.74) is 5.93. The van der Waals surface area contributed by atoms with E-state index in [9.17, 15) is 17.6 Å². The molecule has 7 heteroatoms. The molecule has 2 N–H and O–H groups in total. The van der Waals surface area contributed by atoms with E-state index in [0.29, 0.717) is 5.56 Å². The summed E-state index contributed by atoms with van der Waals surface area (Å²) in [5, 5.41) is 0. The van der Waals surface area contributed by atoms with E-state index in [0.717, 1.165) is 12.1 Å². The Kier molecular flexibility index (Phi) is 4.30. The van der Waals surface area contributed by atoms with Gasteiger partial charge in [0.1, 0.15) is 0 Å². The van der Waals surface area contributed by atoms with Crippen molar-refractivity contribution in [1.82, 2.24) is 0 Å². The van der Waals surface area contributed by atoms with Gasteiger partial charge in [0.25, 0.3) is 0 Å². The summed E-state index contributed by atoms with van der Waals surface area (Å²) < 4.78 is 57.1. The van der Waals surface area contributed by atoms with Gasteiger partial charge in [0, 0.05) is 7.11 Å². The average molecular weight is 253 g/mol. The minimum atomic E-state index is -4.92. The molecule has 1 unspecified atom stereocenters. The van der Waals surface area contributed by atoms with E-state index in [2.05, 4.69) is 4.74 Å². The number of benzene rings is 1. The zero-order valence-electron chi connectivity index (χ0n) is 8.92. The van der Waals surface area contributed by atoms with Gasteiger partial charge < -0.3 is 15.2 Å². The van der Waals surface area contributed by atoms with Crippen LogP contribution in [0.25, 0.3) is 0 Å². The number of hydrogen-bond donors (Lipinski definition) is 1. The normalized spacial score (nSPS) is 13.5. The van der Waals surface area contributed by atoms with E-state index in [-0.39, 0.29) is 6.61 Å². The van der Waals surface area contributed by atoms with Crippen molar-refractivity contribution in [3.8, 4) is 5.75 Å². The molecule has 0 bridgehead atoms. The number of methoxy groups -OCH3 is 1. The molecule has 0 heterocycles. The van der Waals surface area contributed by atoms with Crippen molar-refractivity contribution < 1.29 is 27.0 Å². The summed E-state index contributed by atoms with van der Waals surface area (Å²) >= 11 is 0. The van der Waals surface area contributed by atoms with Crippen LogP contribution in [-0.2, 0) is 4.74 Å². The second-order valence-electron chi connectivity index (χ2n) is 3.30. The number of hydrogen-bond acceptors (Lipinski definition) is 3. The van der Waals surface area contributed by atoms with Crippen molar-refractivity contribution in [2.75, 3.05) is 13.7 Å². The average Bonchev–Trinajstić information content (AvgIpc) is 2.19. The van der Waals surface area contributed by atoms with E-state index in [1.807, 2.05) is 0 Å². The first kappa shape index (κ1) is 13.7. The quantitative estimate of drug-likeness (QED) is 0.838. The summed E-state index contributed by atoms with van der Waals surface area (Å²) in [6, 6.07) is 2.43. The molecule has 0 aromatic heterocycles. The van der Waals surface area contributed by atoms with Gasteiger partial charge in [0.05, 0.1) is 12.6 Å². The monoisotopic (exact) mass is 253 g/mol. The summed E-state index contributed by atoms with van der Waals surface area (Å²) in [5.74, 6) is -2.00. The standard InChI is InChI=1S/C10H11F4NO2/c1-16-5-8(15)6-2-3-9(7(11)4-6)17-10(12,13)14/h2-4,8H,5,15H2,1H3.